The van der Waals surface area contributed by atoms with Crippen LogP contribution < -0.4 is 5.32 Å². The Labute approximate surface area is 181 Å². The van der Waals surface area contributed by atoms with Crippen LogP contribution >= 0.6 is 0 Å². The molecule has 7 nitrogen and oxygen atoms in total. The second kappa shape index (κ2) is 21.0. The predicted molar refractivity (Wildman–Crippen MR) is 125 cm³/mol. The smallest absolute Gasteiger partial charge is 0.0558 e. The fraction of sp³-hybridized carbons (Fsp3) is 1.00. The Morgan fingerprint density at radius 1 is 0.586 bits per heavy atom. The van der Waals surface area contributed by atoms with Gasteiger partial charge in [-0.15, -0.1) is 0 Å². The van der Waals surface area contributed by atoms with Crippen molar-refractivity contribution in [3.8, 4) is 0 Å². The summed E-state index contributed by atoms with van der Waals surface area (Å²) in [6.07, 6.45) is 4.76. The molecule has 0 saturated heterocycles. The molecule has 0 aromatic heterocycles. The first-order chi connectivity index (χ1) is 14.1. The van der Waals surface area contributed by atoms with Gasteiger partial charge in [0.25, 0.3) is 0 Å². The van der Waals surface area contributed by atoms with Crippen molar-refractivity contribution in [3.05, 3.63) is 0 Å². The molecule has 29 heavy (non-hydrogen) atoms. The number of nitrogens with one attached hydrogen (secondary N) is 1. The number of hydrogen-bond donors (Lipinski definition) is 3. The Kier molecular flexibility index (Phi) is 20.8. The molecule has 0 radical (unpaired) electrons. The van der Waals surface area contributed by atoms with Crippen LogP contribution in [0.2, 0.25) is 0 Å². The highest BCUT2D eigenvalue weighted by Gasteiger charge is 2.11. The summed E-state index contributed by atoms with van der Waals surface area (Å²) in [6, 6.07) is 0. The molecule has 0 fully saturated rings. The molecule has 0 aliphatic carbocycles. The van der Waals surface area contributed by atoms with Crippen LogP contribution in [0.4, 0.5) is 0 Å². The van der Waals surface area contributed by atoms with Crippen molar-refractivity contribution in [1.82, 2.24) is 24.9 Å². The van der Waals surface area contributed by atoms with Gasteiger partial charge < -0.3 is 25.3 Å². The molecule has 0 unspecified atom stereocenters. The lowest BCUT2D eigenvalue weighted by Crippen LogP contribution is -2.43. The average molecular weight is 418 g/mol. The number of aliphatic hydroxyl groups is 2. The van der Waals surface area contributed by atoms with Gasteiger partial charge in [-0.05, 0) is 66.0 Å². The maximum atomic E-state index is 9.45. The van der Waals surface area contributed by atoms with Gasteiger partial charge in [-0.25, -0.2) is 0 Å². The molecule has 0 bridgehead atoms. The fourth-order valence-corrected chi connectivity index (χ4v) is 3.59. The van der Waals surface area contributed by atoms with Gasteiger partial charge in [0.05, 0.1) is 13.2 Å². The topological polar surface area (TPSA) is 65.5 Å². The SMILES string of the molecule is CCCN(CCO)CCN(CCO)CCN(CCC)CCN(C)CCCCNC. The van der Waals surface area contributed by atoms with Crippen LogP contribution in [0.15, 0.2) is 0 Å². The predicted octanol–water partition coefficient (Wildman–Crippen LogP) is 0.628. The Balaban J connectivity index is 4.32. The first-order valence-electron chi connectivity index (χ1n) is 11.8. The second-order valence-corrected chi connectivity index (χ2v) is 8.09. The maximum Gasteiger partial charge on any atom is 0.0558 e. The van der Waals surface area contributed by atoms with Crippen LogP contribution in [0.5, 0.6) is 0 Å². The van der Waals surface area contributed by atoms with Crippen LogP contribution in [-0.2, 0) is 0 Å². The molecule has 0 heterocycles. The summed E-state index contributed by atoms with van der Waals surface area (Å²) >= 11 is 0. The summed E-state index contributed by atoms with van der Waals surface area (Å²) in [4.78, 5) is 9.69. The molecule has 0 aliphatic rings. The molecule has 7 heteroatoms. The normalized spacial score (nSPS) is 12.2. The quantitative estimate of drug-likeness (QED) is 0.223. The van der Waals surface area contributed by atoms with E-state index in [4.69, 9.17) is 0 Å². The second-order valence-electron chi connectivity index (χ2n) is 8.09. The standard InChI is InChI=1S/C22H51N5O2/c1-5-10-25(14-13-24(4)12-8-7-9-23-3)15-17-27(20-22-29)18-16-26(11-6-2)19-21-28/h23,28-29H,5-22H2,1-4H3. The van der Waals surface area contributed by atoms with E-state index in [0.29, 0.717) is 0 Å². The van der Waals surface area contributed by atoms with Crippen molar-refractivity contribution >= 4 is 0 Å². The van der Waals surface area contributed by atoms with Gasteiger partial charge in [0.15, 0.2) is 0 Å². The zero-order valence-corrected chi connectivity index (χ0v) is 19.9. The Morgan fingerprint density at radius 3 is 1.48 bits per heavy atom. The molecule has 0 amide bonds. The lowest BCUT2D eigenvalue weighted by molar-refractivity contribution is 0.135. The molecular weight excluding hydrogens is 366 g/mol. The van der Waals surface area contributed by atoms with E-state index in [-0.39, 0.29) is 13.2 Å². The molecule has 0 spiro atoms. The van der Waals surface area contributed by atoms with E-state index in [0.717, 1.165) is 85.0 Å². The van der Waals surface area contributed by atoms with Crippen LogP contribution in [0.3, 0.4) is 0 Å². The van der Waals surface area contributed by atoms with E-state index in [1.54, 1.807) is 0 Å². The van der Waals surface area contributed by atoms with E-state index in [2.05, 4.69) is 45.8 Å². The first-order valence-corrected chi connectivity index (χ1v) is 11.8. The highest BCUT2D eigenvalue weighted by molar-refractivity contribution is 4.68. The summed E-state index contributed by atoms with van der Waals surface area (Å²) in [7, 11) is 4.24. The van der Waals surface area contributed by atoms with E-state index >= 15 is 0 Å². The van der Waals surface area contributed by atoms with Crippen molar-refractivity contribution in [2.75, 3.05) is 106 Å². The summed E-state index contributed by atoms with van der Waals surface area (Å²) < 4.78 is 0. The van der Waals surface area contributed by atoms with Gasteiger partial charge >= 0.3 is 0 Å². The highest BCUT2D eigenvalue weighted by atomic mass is 16.3. The van der Waals surface area contributed by atoms with Crippen LogP contribution in [0.25, 0.3) is 0 Å². The maximum absolute atomic E-state index is 9.45. The molecule has 0 aromatic rings. The van der Waals surface area contributed by atoms with Crippen molar-refractivity contribution in [2.24, 2.45) is 0 Å². The third-order valence-electron chi connectivity index (χ3n) is 5.39. The first kappa shape index (κ1) is 28.7. The fourth-order valence-electron chi connectivity index (χ4n) is 3.59. The Bertz CT molecular complexity index is 330. The van der Waals surface area contributed by atoms with Gasteiger partial charge in [0.1, 0.15) is 0 Å². The van der Waals surface area contributed by atoms with Crippen molar-refractivity contribution in [3.63, 3.8) is 0 Å². The van der Waals surface area contributed by atoms with Gasteiger partial charge in [-0.3, -0.25) is 9.80 Å². The number of hydrogen-bond acceptors (Lipinski definition) is 7. The molecule has 0 rings (SSSR count). The lowest BCUT2D eigenvalue weighted by atomic mass is 10.3. The zero-order chi connectivity index (χ0) is 21.7. The molecule has 0 saturated carbocycles. The lowest BCUT2D eigenvalue weighted by Gasteiger charge is -2.30. The largest absolute Gasteiger partial charge is 0.395 e. The highest BCUT2D eigenvalue weighted by Crippen LogP contribution is 1.99. The zero-order valence-electron chi connectivity index (χ0n) is 19.9. The number of unbranched alkanes of at least 4 members (excludes halogenated alkanes) is 1. The third kappa shape index (κ3) is 17.1. The van der Waals surface area contributed by atoms with Crippen molar-refractivity contribution < 1.29 is 10.2 Å². The van der Waals surface area contributed by atoms with Crippen molar-refractivity contribution in [2.45, 2.75) is 39.5 Å². The Hall–Kier alpha value is -0.280. The minimum Gasteiger partial charge on any atom is -0.395 e. The molecule has 3 N–H and O–H groups in total. The summed E-state index contributed by atoms with van der Waals surface area (Å²) in [5.41, 5.74) is 0. The van der Waals surface area contributed by atoms with E-state index < -0.39 is 0 Å². The van der Waals surface area contributed by atoms with Gasteiger partial charge in [0, 0.05) is 52.4 Å². The monoisotopic (exact) mass is 417 g/mol. The van der Waals surface area contributed by atoms with Gasteiger partial charge in [-0.2, -0.15) is 0 Å². The van der Waals surface area contributed by atoms with Gasteiger partial charge in [-0.1, -0.05) is 13.8 Å². The van der Waals surface area contributed by atoms with Crippen LogP contribution in [0.1, 0.15) is 39.5 Å². The van der Waals surface area contributed by atoms with Crippen LogP contribution in [0, 0.1) is 0 Å². The average Bonchev–Trinajstić information content (AvgIpc) is 2.71. The molecule has 0 atom stereocenters. The minimum atomic E-state index is 0.205. The summed E-state index contributed by atoms with van der Waals surface area (Å²) in [5, 5.41) is 21.9. The van der Waals surface area contributed by atoms with Crippen LogP contribution in [-0.4, -0.2) is 136 Å². The number of rotatable bonds is 22. The molecule has 176 valence electrons. The third-order valence-corrected chi connectivity index (χ3v) is 5.39. The van der Waals surface area contributed by atoms with E-state index in [1.165, 1.54) is 19.3 Å². The molecule has 0 aliphatic heterocycles. The number of likely N-dealkylation sites (N-methyl/N-ethyl adjacent to an activating group) is 1. The number of nitrogens with zero attached hydrogens (tertiary/aromatic N) is 4. The van der Waals surface area contributed by atoms with E-state index in [1.807, 2.05) is 7.05 Å². The summed E-state index contributed by atoms with van der Waals surface area (Å²) in [6.45, 7) is 16.9. The molecule has 0 aromatic carbocycles. The molecular formula is C22H51N5O2. The van der Waals surface area contributed by atoms with Gasteiger partial charge in [0.2, 0.25) is 0 Å². The summed E-state index contributed by atoms with van der Waals surface area (Å²) in [5.74, 6) is 0. The van der Waals surface area contributed by atoms with Crippen molar-refractivity contribution in [1.29, 1.82) is 0 Å². The number of aliphatic hydroxyl groups excluding tert-OH is 2. The Morgan fingerprint density at radius 2 is 1.03 bits per heavy atom. The minimum absolute atomic E-state index is 0.205. The van der Waals surface area contributed by atoms with E-state index in [9.17, 15) is 10.2 Å².